The summed E-state index contributed by atoms with van der Waals surface area (Å²) in [5.41, 5.74) is 0.670. The fourth-order valence-electron chi connectivity index (χ4n) is 1.12. The minimum Gasteiger partial charge on any atom is -0.294 e. The molecule has 2 nitrogen and oxygen atoms in total. The van der Waals surface area contributed by atoms with Gasteiger partial charge in [0.05, 0.1) is 0 Å². The van der Waals surface area contributed by atoms with Crippen LogP contribution in [-0.4, -0.2) is 10.8 Å². The van der Waals surface area contributed by atoms with Crippen LogP contribution in [0.4, 0.5) is 0 Å². The van der Waals surface area contributed by atoms with Crippen molar-refractivity contribution in [2.24, 2.45) is 0 Å². The van der Waals surface area contributed by atoms with Crippen molar-refractivity contribution in [1.82, 2.24) is 4.98 Å². The number of hydrogen-bond donors (Lipinski definition) is 0. The Hall–Kier alpha value is -0.960. The van der Waals surface area contributed by atoms with Crippen molar-refractivity contribution < 1.29 is 4.79 Å². The van der Waals surface area contributed by atoms with E-state index in [1.54, 1.807) is 18.5 Å². The molecule has 0 aliphatic carbocycles. The maximum atomic E-state index is 11.6. The topological polar surface area (TPSA) is 30.0 Å². The van der Waals surface area contributed by atoms with Crippen LogP contribution in [0.2, 0.25) is 0 Å². The van der Waals surface area contributed by atoms with Crippen LogP contribution in [0.5, 0.6) is 0 Å². The van der Waals surface area contributed by atoms with E-state index < -0.39 is 0 Å². The van der Waals surface area contributed by atoms with Crippen LogP contribution in [0, 0.1) is 0 Å². The predicted molar refractivity (Wildman–Crippen MR) is 60.3 cm³/mol. The van der Waals surface area contributed by atoms with Gasteiger partial charge in [0.25, 0.3) is 0 Å². The van der Waals surface area contributed by atoms with Gasteiger partial charge in [-0.1, -0.05) is 6.08 Å². The summed E-state index contributed by atoms with van der Waals surface area (Å²) < 4.78 is 0.840. The van der Waals surface area contributed by atoms with Gasteiger partial charge in [-0.2, -0.15) is 0 Å². The number of Topliss-reactive ketones (excluding diaryl/α,β-unsaturated/α-hetero) is 1. The number of hydrogen-bond acceptors (Lipinski definition) is 2. The summed E-state index contributed by atoms with van der Waals surface area (Å²) in [5.74, 6) is 0.139. The average Bonchev–Trinajstić information content (AvgIpc) is 2.18. The van der Waals surface area contributed by atoms with Crippen LogP contribution < -0.4 is 0 Å². The Balaban J connectivity index is 2.56. The minimum atomic E-state index is 0.139. The van der Waals surface area contributed by atoms with Crippen LogP contribution >= 0.6 is 15.9 Å². The van der Waals surface area contributed by atoms with Gasteiger partial charge in [0, 0.05) is 28.9 Å². The molecule has 0 saturated heterocycles. The molecular weight excluding hydrogens is 242 g/mol. The third kappa shape index (κ3) is 3.42. The van der Waals surface area contributed by atoms with Crippen molar-refractivity contribution in [2.75, 3.05) is 0 Å². The first kappa shape index (κ1) is 11.1. The zero-order chi connectivity index (χ0) is 10.4. The molecule has 0 aliphatic heterocycles. The molecule has 0 unspecified atom stereocenters. The fraction of sp³-hybridized carbons (Fsp3) is 0.273. The van der Waals surface area contributed by atoms with Gasteiger partial charge in [0.1, 0.15) is 0 Å². The number of halogens is 1. The lowest BCUT2D eigenvalue weighted by Gasteiger charge is -1.99. The molecule has 3 heteroatoms. The first-order valence-corrected chi connectivity index (χ1v) is 5.28. The van der Waals surface area contributed by atoms with E-state index in [0.717, 1.165) is 17.3 Å². The minimum absolute atomic E-state index is 0.139. The van der Waals surface area contributed by atoms with Gasteiger partial charge >= 0.3 is 0 Å². The highest BCUT2D eigenvalue weighted by molar-refractivity contribution is 9.10. The van der Waals surface area contributed by atoms with E-state index >= 15 is 0 Å². The lowest BCUT2D eigenvalue weighted by atomic mass is 10.1. The first-order chi connectivity index (χ1) is 6.74. The van der Waals surface area contributed by atoms with Crippen molar-refractivity contribution in [2.45, 2.75) is 19.3 Å². The van der Waals surface area contributed by atoms with Gasteiger partial charge in [0.2, 0.25) is 0 Å². The van der Waals surface area contributed by atoms with E-state index in [9.17, 15) is 4.79 Å². The highest BCUT2D eigenvalue weighted by Gasteiger charge is 2.05. The Morgan fingerprint density at radius 1 is 1.57 bits per heavy atom. The predicted octanol–water partition coefficient (Wildman–Crippen LogP) is 3.38. The third-order valence-electron chi connectivity index (χ3n) is 1.84. The molecular formula is C11H12BrNO. The van der Waals surface area contributed by atoms with E-state index in [0.29, 0.717) is 12.0 Å². The fourth-order valence-corrected chi connectivity index (χ4v) is 1.48. The average molecular weight is 254 g/mol. The molecule has 0 aromatic carbocycles. The van der Waals surface area contributed by atoms with Gasteiger partial charge in [0.15, 0.2) is 5.78 Å². The van der Waals surface area contributed by atoms with Gasteiger partial charge in [-0.3, -0.25) is 9.78 Å². The number of carbonyl (C=O) groups is 1. The highest BCUT2D eigenvalue weighted by atomic mass is 79.9. The second-order valence-electron chi connectivity index (χ2n) is 3.00. The Kier molecular flexibility index (Phi) is 4.53. The summed E-state index contributed by atoms with van der Waals surface area (Å²) in [4.78, 5) is 15.5. The maximum absolute atomic E-state index is 11.6. The molecule has 0 fully saturated rings. The number of carbonyl (C=O) groups excluding carboxylic acids is 1. The Labute approximate surface area is 92.2 Å². The molecule has 1 aromatic heterocycles. The molecule has 0 aliphatic rings. The molecule has 0 bridgehead atoms. The largest absolute Gasteiger partial charge is 0.294 e. The maximum Gasteiger partial charge on any atom is 0.164 e. The smallest absolute Gasteiger partial charge is 0.164 e. The van der Waals surface area contributed by atoms with Gasteiger partial charge in [-0.15, -0.1) is 6.58 Å². The second kappa shape index (κ2) is 5.70. The van der Waals surface area contributed by atoms with Crippen LogP contribution in [-0.2, 0) is 0 Å². The summed E-state index contributed by atoms with van der Waals surface area (Å²) in [6, 6.07) is 1.79. The molecule has 0 amide bonds. The first-order valence-electron chi connectivity index (χ1n) is 4.48. The summed E-state index contributed by atoms with van der Waals surface area (Å²) >= 11 is 3.28. The van der Waals surface area contributed by atoms with Crippen molar-refractivity contribution in [3.63, 3.8) is 0 Å². The normalized spacial score (nSPS) is 9.79. The number of ketones is 1. The number of allylic oxidation sites excluding steroid dienone is 1. The molecule has 0 N–H and O–H groups in total. The molecule has 14 heavy (non-hydrogen) atoms. The molecule has 74 valence electrons. The van der Waals surface area contributed by atoms with Crippen molar-refractivity contribution in [3.8, 4) is 0 Å². The van der Waals surface area contributed by atoms with Crippen molar-refractivity contribution in [1.29, 1.82) is 0 Å². The van der Waals surface area contributed by atoms with Crippen LogP contribution in [0.3, 0.4) is 0 Å². The van der Waals surface area contributed by atoms with Gasteiger partial charge in [-0.05, 0) is 34.8 Å². The zero-order valence-corrected chi connectivity index (χ0v) is 9.46. The Morgan fingerprint density at radius 2 is 2.36 bits per heavy atom. The van der Waals surface area contributed by atoms with E-state index in [1.165, 1.54) is 0 Å². The van der Waals surface area contributed by atoms with Crippen molar-refractivity contribution in [3.05, 3.63) is 41.2 Å². The Bertz CT molecular complexity index is 336. The second-order valence-corrected chi connectivity index (χ2v) is 3.91. The summed E-state index contributed by atoms with van der Waals surface area (Å²) in [7, 11) is 0. The number of aromatic nitrogens is 1. The van der Waals surface area contributed by atoms with E-state index in [-0.39, 0.29) is 5.78 Å². The van der Waals surface area contributed by atoms with Crippen LogP contribution in [0.1, 0.15) is 29.6 Å². The number of rotatable bonds is 5. The van der Waals surface area contributed by atoms with Crippen molar-refractivity contribution >= 4 is 21.7 Å². The van der Waals surface area contributed by atoms with E-state index in [1.807, 2.05) is 6.08 Å². The third-order valence-corrected chi connectivity index (χ3v) is 2.27. The lowest BCUT2D eigenvalue weighted by molar-refractivity contribution is 0.0980. The summed E-state index contributed by atoms with van der Waals surface area (Å²) in [5, 5.41) is 0. The standard InChI is InChI=1S/C11H12BrNO/c1-2-3-4-5-11(14)9-6-10(12)8-13-7-9/h2,6-8H,1,3-5H2. The number of pyridine rings is 1. The number of nitrogens with zero attached hydrogens (tertiary/aromatic N) is 1. The molecule has 0 spiro atoms. The monoisotopic (exact) mass is 253 g/mol. The van der Waals surface area contributed by atoms with E-state index in [4.69, 9.17) is 0 Å². The van der Waals surface area contributed by atoms with Gasteiger partial charge in [-0.25, -0.2) is 0 Å². The summed E-state index contributed by atoms with van der Waals surface area (Å²) in [6.45, 7) is 3.61. The van der Waals surface area contributed by atoms with Crippen LogP contribution in [0.15, 0.2) is 35.6 Å². The lowest BCUT2D eigenvalue weighted by Crippen LogP contribution is -1.99. The molecule has 1 aromatic rings. The van der Waals surface area contributed by atoms with E-state index in [2.05, 4.69) is 27.5 Å². The molecule has 1 heterocycles. The molecule has 1 rings (SSSR count). The highest BCUT2D eigenvalue weighted by Crippen LogP contribution is 2.12. The molecule has 0 atom stereocenters. The zero-order valence-electron chi connectivity index (χ0n) is 7.87. The SMILES string of the molecule is C=CCCCC(=O)c1cncc(Br)c1. The number of unbranched alkanes of at least 4 members (excludes halogenated alkanes) is 1. The molecule has 0 radical (unpaired) electrons. The summed E-state index contributed by atoms with van der Waals surface area (Å²) in [6.07, 6.45) is 7.39. The quantitative estimate of drug-likeness (QED) is 0.458. The van der Waals surface area contributed by atoms with Crippen LogP contribution in [0.25, 0.3) is 0 Å². The van der Waals surface area contributed by atoms with Gasteiger partial charge < -0.3 is 0 Å². The Morgan fingerprint density at radius 3 is 3.00 bits per heavy atom. The molecule has 0 saturated carbocycles.